The molecule has 1 rings (SSSR count). The average Bonchev–Trinajstić information content (AvgIpc) is 2.21. The first-order valence-corrected chi connectivity index (χ1v) is 5.92. The van der Waals surface area contributed by atoms with Gasteiger partial charge in [-0.15, -0.1) is 22.9 Å². The Bertz CT molecular complexity index is 328. The van der Waals surface area contributed by atoms with Gasteiger partial charge >= 0.3 is 8.25 Å². The topological polar surface area (TPSA) is 57.5 Å². The number of benzene rings is 1. The summed E-state index contributed by atoms with van der Waals surface area (Å²) in [6.07, 6.45) is 5.76. The van der Waals surface area contributed by atoms with Crippen LogP contribution in [0.25, 0.3) is 0 Å². The Balaban J connectivity index is 0.000000487. The molecular weight excluding hydrogens is 223 g/mol. The zero-order valence-electron chi connectivity index (χ0n) is 9.04. The SMILES string of the molecule is C=CCc1ccccc1CC=C.O=[P+](O)O. The van der Waals surface area contributed by atoms with Crippen LogP contribution in [0, 0.1) is 0 Å². The second-order valence-corrected chi connectivity index (χ2v) is 3.51. The van der Waals surface area contributed by atoms with Gasteiger partial charge in [-0.25, -0.2) is 0 Å². The smallest absolute Gasteiger partial charge is 0.134 e. The Kier molecular flexibility index (Phi) is 8.26. The normalized spacial score (nSPS) is 8.62. The van der Waals surface area contributed by atoms with E-state index in [0.717, 1.165) is 12.8 Å². The third-order valence-electron chi connectivity index (χ3n) is 1.85. The predicted octanol–water partition coefficient (Wildman–Crippen LogP) is 2.77. The maximum Gasteiger partial charge on any atom is 0.692 e. The number of hydrogen-bond acceptors (Lipinski definition) is 1. The summed E-state index contributed by atoms with van der Waals surface area (Å²) in [5.41, 5.74) is 2.71. The predicted molar refractivity (Wildman–Crippen MR) is 66.3 cm³/mol. The Morgan fingerprint density at radius 2 is 1.38 bits per heavy atom. The largest absolute Gasteiger partial charge is 0.692 e. The van der Waals surface area contributed by atoms with Crippen molar-refractivity contribution in [2.75, 3.05) is 0 Å². The molecular formula is C12H16O3P+. The highest BCUT2D eigenvalue weighted by molar-refractivity contribution is 7.30. The number of allylic oxidation sites excluding steroid dienone is 2. The van der Waals surface area contributed by atoms with E-state index in [1.165, 1.54) is 11.1 Å². The molecule has 0 bridgehead atoms. The van der Waals surface area contributed by atoms with Gasteiger partial charge in [0.25, 0.3) is 0 Å². The highest BCUT2D eigenvalue weighted by atomic mass is 31.1. The van der Waals surface area contributed by atoms with Crippen molar-refractivity contribution >= 4 is 8.25 Å². The van der Waals surface area contributed by atoms with Crippen LogP contribution in [-0.2, 0) is 17.4 Å². The third kappa shape index (κ3) is 7.07. The molecule has 0 aromatic heterocycles. The number of rotatable bonds is 4. The van der Waals surface area contributed by atoms with E-state index >= 15 is 0 Å². The van der Waals surface area contributed by atoms with Gasteiger partial charge in [0.2, 0.25) is 0 Å². The summed E-state index contributed by atoms with van der Waals surface area (Å²) >= 11 is 0. The summed E-state index contributed by atoms with van der Waals surface area (Å²) in [5.74, 6) is 0. The molecule has 0 aliphatic carbocycles. The molecule has 0 fully saturated rings. The van der Waals surface area contributed by atoms with Gasteiger partial charge in [-0.3, -0.25) is 0 Å². The van der Waals surface area contributed by atoms with Crippen molar-refractivity contribution in [3.63, 3.8) is 0 Å². The lowest BCUT2D eigenvalue weighted by Gasteiger charge is -2.03. The molecule has 0 radical (unpaired) electrons. The van der Waals surface area contributed by atoms with E-state index in [1.807, 2.05) is 12.2 Å². The van der Waals surface area contributed by atoms with Gasteiger partial charge in [0.1, 0.15) is 0 Å². The van der Waals surface area contributed by atoms with E-state index in [-0.39, 0.29) is 0 Å². The Labute approximate surface area is 96.7 Å². The maximum absolute atomic E-state index is 8.70. The van der Waals surface area contributed by atoms with Crippen LogP contribution < -0.4 is 0 Å². The van der Waals surface area contributed by atoms with Gasteiger partial charge in [-0.05, 0) is 24.0 Å². The highest BCUT2D eigenvalue weighted by Crippen LogP contribution is 2.10. The van der Waals surface area contributed by atoms with Gasteiger partial charge < -0.3 is 0 Å². The van der Waals surface area contributed by atoms with Crippen molar-refractivity contribution in [3.8, 4) is 0 Å². The molecule has 0 spiro atoms. The molecule has 0 atom stereocenters. The van der Waals surface area contributed by atoms with Crippen molar-refractivity contribution in [1.82, 2.24) is 0 Å². The fourth-order valence-corrected chi connectivity index (χ4v) is 1.27. The van der Waals surface area contributed by atoms with Crippen LogP contribution in [0.15, 0.2) is 49.6 Å². The molecule has 0 saturated carbocycles. The van der Waals surface area contributed by atoms with Crippen LogP contribution in [0.4, 0.5) is 0 Å². The minimum Gasteiger partial charge on any atom is -0.134 e. The fourth-order valence-electron chi connectivity index (χ4n) is 1.27. The summed E-state index contributed by atoms with van der Waals surface area (Å²) < 4.78 is 8.70. The minimum absolute atomic E-state index is 0.948. The summed E-state index contributed by atoms with van der Waals surface area (Å²) in [6, 6.07) is 8.40. The molecule has 4 heteroatoms. The van der Waals surface area contributed by atoms with Crippen LogP contribution in [0.3, 0.4) is 0 Å². The quantitative estimate of drug-likeness (QED) is 0.627. The van der Waals surface area contributed by atoms with E-state index < -0.39 is 8.25 Å². The summed E-state index contributed by atoms with van der Waals surface area (Å²) in [5, 5.41) is 0. The second kappa shape index (κ2) is 8.98. The third-order valence-corrected chi connectivity index (χ3v) is 1.85. The first-order chi connectivity index (χ1) is 7.61. The monoisotopic (exact) mass is 239 g/mol. The molecule has 0 aliphatic heterocycles. The zero-order chi connectivity index (χ0) is 12.4. The highest BCUT2D eigenvalue weighted by Gasteiger charge is 1.96. The summed E-state index contributed by atoms with van der Waals surface area (Å²) in [6.45, 7) is 7.46. The Morgan fingerprint density at radius 3 is 1.62 bits per heavy atom. The van der Waals surface area contributed by atoms with Crippen LogP contribution >= 0.6 is 8.25 Å². The molecule has 2 N–H and O–H groups in total. The van der Waals surface area contributed by atoms with Gasteiger partial charge in [0.05, 0.1) is 0 Å². The van der Waals surface area contributed by atoms with Crippen molar-refractivity contribution in [2.45, 2.75) is 12.8 Å². The molecule has 0 unspecified atom stereocenters. The minimum atomic E-state index is -2.87. The average molecular weight is 239 g/mol. The Hall–Kier alpha value is -1.28. The lowest BCUT2D eigenvalue weighted by molar-refractivity contribution is 0.405. The lowest BCUT2D eigenvalue weighted by Crippen LogP contribution is -1.89. The van der Waals surface area contributed by atoms with Gasteiger partial charge in [0, 0.05) is 4.57 Å². The van der Waals surface area contributed by atoms with Gasteiger partial charge in [0.15, 0.2) is 0 Å². The van der Waals surface area contributed by atoms with E-state index in [2.05, 4.69) is 37.4 Å². The molecule has 0 aliphatic rings. The molecule has 1 aromatic rings. The van der Waals surface area contributed by atoms with Crippen LogP contribution in [0.1, 0.15) is 11.1 Å². The van der Waals surface area contributed by atoms with Crippen LogP contribution in [0.2, 0.25) is 0 Å². The van der Waals surface area contributed by atoms with E-state index in [0.29, 0.717) is 0 Å². The Morgan fingerprint density at radius 1 is 1.06 bits per heavy atom. The van der Waals surface area contributed by atoms with Crippen molar-refractivity contribution < 1.29 is 14.4 Å². The molecule has 3 nitrogen and oxygen atoms in total. The molecule has 0 amide bonds. The van der Waals surface area contributed by atoms with Crippen molar-refractivity contribution in [2.24, 2.45) is 0 Å². The number of hydrogen-bond donors (Lipinski definition) is 2. The van der Waals surface area contributed by atoms with E-state index in [4.69, 9.17) is 14.4 Å². The molecule has 1 aromatic carbocycles. The first kappa shape index (κ1) is 14.7. The molecule has 16 heavy (non-hydrogen) atoms. The maximum atomic E-state index is 8.70. The van der Waals surface area contributed by atoms with E-state index in [9.17, 15) is 0 Å². The lowest BCUT2D eigenvalue weighted by atomic mass is 10.0. The van der Waals surface area contributed by atoms with Crippen molar-refractivity contribution in [1.29, 1.82) is 0 Å². The van der Waals surface area contributed by atoms with Crippen LogP contribution in [-0.4, -0.2) is 9.79 Å². The molecule has 0 heterocycles. The van der Waals surface area contributed by atoms with Crippen LogP contribution in [0.5, 0.6) is 0 Å². The standard InChI is InChI=1S/C12H14.HO3P/c1-3-7-11-9-5-6-10-12(11)8-4-2;1-4(2)3/h3-6,9-10H,1-2,7-8H2;(H-,1,2,3)/p+1. The fraction of sp³-hybridized carbons (Fsp3) is 0.167. The second-order valence-electron chi connectivity index (χ2n) is 3.01. The zero-order valence-corrected chi connectivity index (χ0v) is 9.94. The van der Waals surface area contributed by atoms with E-state index in [1.54, 1.807) is 0 Å². The molecule has 0 saturated heterocycles. The summed E-state index contributed by atoms with van der Waals surface area (Å²) in [7, 11) is -2.87. The summed E-state index contributed by atoms with van der Waals surface area (Å²) in [4.78, 5) is 14.2. The van der Waals surface area contributed by atoms with Crippen molar-refractivity contribution in [3.05, 3.63) is 60.7 Å². The molecule has 86 valence electrons. The first-order valence-electron chi connectivity index (χ1n) is 4.75. The van der Waals surface area contributed by atoms with Gasteiger partial charge in [-0.1, -0.05) is 36.4 Å². The van der Waals surface area contributed by atoms with Gasteiger partial charge in [-0.2, -0.15) is 0 Å².